The molecule has 0 spiro atoms. The average Bonchev–Trinajstić information content (AvgIpc) is 2.95. The monoisotopic (exact) mass is 374 g/mol. The second-order valence-electron chi connectivity index (χ2n) is 8.36. The Labute approximate surface area is 161 Å². The van der Waals surface area contributed by atoms with Gasteiger partial charge < -0.3 is 19.3 Å². The van der Waals surface area contributed by atoms with E-state index in [-0.39, 0.29) is 24.1 Å². The summed E-state index contributed by atoms with van der Waals surface area (Å²) in [6.07, 6.45) is 2.68. The molecule has 2 aliphatic rings. The van der Waals surface area contributed by atoms with Crippen LogP contribution >= 0.6 is 0 Å². The highest BCUT2D eigenvalue weighted by Gasteiger charge is 2.44. The van der Waals surface area contributed by atoms with Gasteiger partial charge in [-0.05, 0) is 57.7 Å². The zero-order valence-electron chi connectivity index (χ0n) is 16.7. The van der Waals surface area contributed by atoms with Crippen LogP contribution in [0.5, 0.6) is 5.75 Å². The van der Waals surface area contributed by atoms with Crippen molar-refractivity contribution in [3.63, 3.8) is 0 Å². The SMILES string of the molecule is COc1cccc(CN2C(=O)CCCC3C2CCN3C(=O)OC(C)(C)C)c1. The number of carbonyl (C=O) groups excluding carboxylic acids is 2. The van der Waals surface area contributed by atoms with E-state index in [2.05, 4.69) is 0 Å². The van der Waals surface area contributed by atoms with Crippen molar-refractivity contribution in [3.05, 3.63) is 29.8 Å². The molecule has 2 aliphatic heterocycles. The number of ether oxygens (including phenoxy) is 2. The van der Waals surface area contributed by atoms with Gasteiger partial charge in [0.2, 0.25) is 5.91 Å². The first-order valence-electron chi connectivity index (χ1n) is 9.70. The minimum Gasteiger partial charge on any atom is -0.497 e. The summed E-state index contributed by atoms with van der Waals surface area (Å²) in [5, 5.41) is 0. The predicted octanol–water partition coefficient (Wildman–Crippen LogP) is 3.59. The van der Waals surface area contributed by atoms with Crippen LogP contribution in [0.15, 0.2) is 24.3 Å². The van der Waals surface area contributed by atoms with Crippen LogP contribution in [0, 0.1) is 0 Å². The molecule has 0 N–H and O–H groups in total. The normalized spacial score (nSPS) is 23.0. The fourth-order valence-electron chi connectivity index (χ4n) is 4.06. The highest BCUT2D eigenvalue weighted by molar-refractivity contribution is 5.77. The summed E-state index contributed by atoms with van der Waals surface area (Å²) in [6, 6.07) is 7.88. The van der Waals surface area contributed by atoms with Gasteiger partial charge in [-0.1, -0.05) is 12.1 Å². The molecule has 0 aromatic heterocycles. The molecule has 2 amide bonds. The van der Waals surface area contributed by atoms with E-state index < -0.39 is 5.60 Å². The van der Waals surface area contributed by atoms with E-state index in [1.54, 1.807) is 7.11 Å². The van der Waals surface area contributed by atoms with Gasteiger partial charge >= 0.3 is 6.09 Å². The molecule has 0 saturated carbocycles. The van der Waals surface area contributed by atoms with Crippen molar-refractivity contribution in [1.29, 1.82) is 0 Å². The standard InChI is InChI=1S/C21H30N2O4/c1-21(2,3)27-20(25)22-12-11-18-17(22)9-6-10-19(24)23(18)14-15-7-5-8-16(13-15)26-4/h5,7-8,13,17-18H,6,9-12,14H2,1-4H3. The van der Waals surface area contributed by atoms with Gasteiger partial charge in [-0.2, -0.15) is 0 Å². The quantitative estimate of drug-likeness (QED) is 0.811. The predicted molar refractivity (Wildman–Crippen MR) is 103 cm³/mol. The fraction of sp³-hybridized carbons (Fsp3) is 0.619. The molecule has 6 heteroatoms. The Morgan fingerprint density at radius 3 is 2.70 bits per heavy atom. The molecule has 2 unspecified atom stereocenters. The lowest BCUT2D eigenvalue weighted by molar-refractivity contribution is -0.133. The number of hydrogen-bond acceptors (Lipinski definition) is 4. The maximum atomic E-state index is 12.8. The van der Waals surface area contributed by atoms with Crippen LogP contribution < -0.4 is 4.74 Å². The van der Waals surface area contributed by atoms with E-state index in [4.69, 9.17) is 9.47 Å². The van der Waals surface area contributed by atoms with Crippen molar-refractivity contribution in [3.8, 4) is 5.75 Å². The third kappa shape index (κ3) is 4.54. The van der Waals surface area contributed by atoms with Crippen molar-refractivity contribution in [2.45, 2.75) is 70.7 Å². The Morgan fingerprint density at radius 2 is 2.00 bits per heavy atom. The molecule has 0 radical (unpaired) electrons. The number of rotatable bonds is 3. The molecule has 1 aromatic rings. The second-order valence-corrected chi connectivity index (χ2v) is 8.36. The maximum Gasteiger partial charge on any atom is 0.410 e. The smallest absolute Gasteiger partial charge is 0.410 e. The third-order valence-corrected chi connectivity index (χ3v) is 5.24. The molecule has 2 saturated heterocycles. The molecule has 27 heavy (non-hydrogen) atoms. The summed E-state index contributed by atoms with van der Waals surface area (Å²) in [4.78, 5) is 29.2. The zero-order chi connectivity index (χ0) is 19.6. The van der Waals surface area contributed by atoms with E-state index in [1.165, 1.54) is 0 Å². The number of likely N-dealkylation sites (tertiary alicyclic amines) is 2. The highest BCUT2D eigenvalue weighted by Crippen LogP contribution is 2.33. The minimum atomic E-state index is -0.518. The van der Waals surface area contributed by atoms with Crippen molar-refractivity contribution >= 4 is 12.0 Å². The molecular weight excluding hydrogens is 344 g/mol. The average molecular weight is 374 g/mol. The molecule has 3 rings (SSSR count). The Balaban J connectivity index is 1.78. The molecular formula is C21H30N2O4. The van der Waals surface area contributed by atoms with E-state index in [1.807, 2.05) is 54.8 Å². The Kier molecular flexibility index (Phi) is 5.63. The third-order valence-electron chi connectivity index (χ3n) is 5.24. The number of benzene rings is 1. The molecule has 148 valence electrons. The van der Waals surface area contributed by atoms with E-state index in [0.29, 0.717) is 19.5 Å². The largest absolute Gasteiger partial charge is 0.497 e. The van der Waals surface area contributed by atoms with Crippen molar-refractivity contribution < 1.29 is 19.1 Å². The molecule has 6 nitrogen and oxygen atoms in total. The first-order chi connectivity index (χ1) is 12.8. The lowest BCUT2D eigenvalue weighted by Gasteiger charge is -2.34. The minimum absolute atomic E-state index is 0.0249. The highest BCUT2D eigenvalue weighted by atomic mass is 16.6. The number of methoxy groups -OCH3 is 1. The number of nitrogens with zero attached hydrogens (tertiary/aromatic N) is 2. The van der Waals surface area contributed by atoms with Crippen LogP contribution in [0.4, 0.5) is 4.79 Å². The van der Waals surface area contributed by atoms with Crippen LogP contribution in [-0.2, 0) is 16.1 Å². The van der Waals surface area contributed by atoms with Crippen molar-refractivity contribution in [1.82, 2.24) is 9.80 Å². The number of amides is 2. The van der Waals surface area contributed by atoms with Crippen molar-refractivity contribution in [2.24, 2.45) is 0 Å². The van der Waals surface area contributed by atoms with Crippen LogP contribution in [-0.4, -0.2) is 53.1 Å². The van der Waals surface area contributed by atoms with Gasteiger partial charge in [0.1, 0.15) is 11.4 Å². The summed E-state index contributed by atoms with van der Waals surface area (Å²) >= 11 is 0. The lowest BCUT2D eigenvalue weighted by atomic mass is 10.0. The molecule has 0 aliphatic carbocycles. The van der Waals surface area contributed by atoms with E-state index in [0.717, 1.165) is 30.6 Å². The Hall–Kier alpha value is -2.24. The molecule has 2 fully saturated rings. The second kappa shape index (κ2) is 7.79. The Morgan fingerprint density at radius 1 is 1.22 bits per heavy atom. The summed E-state index contributed by atoms with van der Waals surface area (Å²) in [5.74, 6) is 0.949. The van der Waals surface area contributed by atoms with Crippen LogP contribution in [0.25, 0.3) is 0 Å². The maximum absolute atomic E-state index is 12.8. The van der Waals surface area contributed by atoms with Crippen LogP contribution in [0.2, 0.25) is 0 Å². The number of carbonyl (C=O) groups is 2. The summed E-state index contributed by atoms with van der Waals surface area (Å²) in [6.45, 7) is 6.81. The van der Waals surface area contributed by atoms with Gasteiger partial charge in [0, 0.05) is 19.5 Å². The first-order valence-corrected chi connectivity index (χ1v) is 9.70. The van der Waals surface area contributed by atoms with Gasteiger partial charge in [0.15, 0.2) is 0 Å². The van der Waals surface area contributed by atoms with Gasteiger partial charge in [-0.25, -0.2) is 4.79 Å². The summed E-state index contributed by atoms with van der Waals surface area (Å²) in [5.41, 5.74) is 0.523. The van der Waals surface area contributed by atoms with Gasteiger partial charge in [0.05, 0.1) is 19.2 Å². The van der Waals surface area contributed by atoms with E-state index in [9.17, 15) is 9.59 Å². The topological polar surface area (TPSA) is 59.1 Å². The Bertz CT molecular complexity index is 698. The number of fused-ring (bicyclic) bond motifs is 1. The van der Waals surface area contributed by atoms with Gasteiger partial charge in [0.25, 0.3) is 0 Å². The zero-order valence-corrected chi connectivity index (χ0v) is 16.7. The van der Waals surface area contributed by atoms with Gasteiger partial charge in [-0.3, -0.25) is 4.79 Å². The first kappa shape index (κ1) is 19.5. The lowest BCUT2D eigenvalue weighted by Crippen LogP contribution is -2.48. The van der Waals surface area contributed by atoms with Crippen molar-refractivity contribution in [2.75, 3.05) is 13.7 Å². The van der Waals surface area contributed by atoms with Crippen LogP contribution in [0.3, 0.4) is 0 Å². The molecule has 1 aromatic carbocycles. The molecule has 0 bridgehead atoms. The van der Waals surface area contributed by atoms with E-state index >= 15 is 0 Å². The fourth-order valence-corrected chi connectivity index (χ4v) is 4.06. The van der Waals surface area contributed by atoms with Crippen LogP contribution in [0.1, 0.15) is 52.0 Å². The summed E-state index contributed by atoms with van der Waals surface area (Å²) < 4.78 is 10.9. The molecule has 2 heterocycles. The molecule has 2 atom stereocenters. The van der Waals surface area contributed by atoms with Gasteiger partial charge in [-0.15, -0.1) is 0 Å². The number of hydrogen-bond donors (Lipinski definition) is 0. The summed E-state index contributed by atoms with van der Waals surface area (Å²) in [7, 11) is 1.64.